The van der Waals surface area contributed by atoms with Crippen LogP contribution in [0.2, 0.25) is 0 Å². The minimum absolute atomic E-state index is 0.0901. The lowest BCUT2D eigenvalue weighted by atomic mass is 10.3. The number of methoxy groups -OCH3 is 1. The lowest BCUT2D eigenvalue weighted by molar-refractivity contribution is -0.153. The lowest BCUT2D eigenvalue weighted by Gasteiger charge is -2.11. The zero-order valence-corrected chi connectivity index (χ0v) is 9.47. The SMILES string of the molecule is CC.COc1ccccc1OCC(F)(F)F. The first kappa shape index (κ1) is 14.6. The van der Waals surface area contributed by atoms with Gasteiger partial charge in [0, 0.05) is 0 Å². The molecule has 0 saturated carbocycles. The molecule has 2 nitrogen and oxygen atoms in total. The number of hydrogen-bond donors (Lipinski definition) is 0. The number of benzene rings is 1. The third-order valence-corrected chi connectivity index (χ3v) is 1.46. The van der Waals surface area contributed by atoms with Gasteiger partial charge in [-0.25, -0.2) is 0 Å². The summed E-state index contributed by atoms with van der Waals surface area (Å²) in [5.74, 6) is 0.379. The maximum absolute atomic E-state index is 11.8. The first-order valence-electron chi connectivity index (χ1n) is 4.85. The van der Waals surface area contributed by atoms with E-state index in [2.05, 4.69) is 4.74 Å². The van der Waals surface area contributed by atoms with Crippen LogP contribution < -0.4 is 9.47 Å². The molecule has 1 aromatic rings. The Balaban J connectivity index is 0.00000106. The van der Waals surface area contributed by atoms with Crippen molar-refractivity contribution in [2.24, 2.45) is 0 Å². The summed E-state index contributed by atoms with van der Waals surface area (Å²) in [6.45, 7) is 2.69. The van der Waals surface area contributed by atoms with Gasteiger partial charge in [0.05, 0.1) is 7.11 Å². The predicted octanol–water partition coefficient (Wildman–Crippen LogP) is 3.66. The lowest BCUT2D eigenvalue weighted by Crippen LogP contribution is -2.19. The number of rotatable bonds is 3. The van der Waals surface area contributed by atoms with Crippen LogP contribution in [0.25, 0.3) is 0 Å². The van der Waals surface area contributed by atoms with Crippen molar-refractivity contribution in [2.45, 2.75) is 20.0 Å². The summed E-state index contributed by atoms with van der Waals surface area (Å²) in [4.78, 5) is 0. The summed E-state index contributed by atoms with van der Waals surface area (Å²) in [7, 11) is 1.37. The highest BCUT2D eigenvalue weighted by molar-refractivity contribution is 5.39. The van der Waals surface area contributed by atoms with Gasteiger partial charge in [-0.05, 0) is 12.1 Å². The van der Waals surface area contributed by atoms with Crippen molar-refractivity contribution < 1.29 is 22.6 Å². The molecule has 16 heavy (non-hydrogen) atoms. The molecule has 5 heteroatoms. The monoisotopic (exact) mass is 236 g/mol. The van der Waals surface area contributed by atoms with Gasteiger partial charge in [-0.1, -0.05) is 26.0 Å². The average molecular weight is 236 g/mol. The Labute approximate surface area is 93.0 Å². The molecule has 0 atom stereocenters. The molecular weight excluding hydrogens is 221 g/mol. The number of halogens is 3. The van der Waals surface area contributed by atoms with Crippen LogP contribution in [-0.2, 0) is 0 Å². The van der Waals surface area contributed by atoms with E-state index < -0.39 is 12.8 Å². The van der Waals surface area contributed by atoms with Crippen LogP contribution in [0.5, 0.6) is 11.5 Å². The zero-order valence-electron chi connectivity index (χ0n) is 9.47. The van der Waals surface area contributed by atoms with Gasteiger partial charge in [0.25, 0.3) is 0 Å². The summed E-state index contributed by atoms with van der Waals surface area (Å²) in [6, 6.07) is 6.18. The Morgan fingerprint density at radius 1 is 1.06 bits per heavy atom. The Morgan fingerprint density at radius 3 is 2.00 bits per heavy atom. The molecule has 0 heterocycles. The summed E-state index contributed by atoms with van der Waals surface area (Å²) in [5, 5.41) is 0. The van der Waals surface area contributed by atoms with Gasteiger partial charge in [0.15, 0.2) is 18.1 Å². The van der Waals surface area contributed by atoms with E-state index >= 15 is 0 Å². The van der Waals surface area contributed by atoms with Crippen molar-refractivity contribution in [1.29, 1.82) is 0 Å². The summed E-state index contributed by atoms with van der Waals surface area (Å²) >= 11 is 0. The van der Waals surface area contributed by atoms with Gasteiger partial charge in [0.1, 0.15) is 0 Å². The van der Waals surface area contributed by atoms with E-state index in [9.17, 15) is 13.2 Å². The molecule has 0 amide bonds. The van der Waals surface area contributed by atoms with Crippen molar-refractivity contribution in [2.75, 3.05) is 13.7 Å². The average Bonchev–Trinajstić information content (AvgIpc) is 2.28. The van der Waals surface area contributed by atoms with E-state index in [1.54, 1.807) is 12.1 Å². The van der Waals surface area contributed by atoms with Crippen LogP contribution in [-0.4, -0.2) is 19.9 Å². The molecule has 0 aliphatic carbocycles. The fourth-order valence-corrected chi connectivity index (χ4v) is 0.898. The van der Waals surface area contributed by atoms with Crippen molar-refractivity contribution in [3.8, 4) is 11.5 Å². The van der Waals surface area contributed by atoms with Crippen molar-refractivity contribution in [3.05, 3.63) is 24.3 Å². The Morgan fingerprint density at radius 2 is 1.56 bits per heavy atom. The molecule has 0 spiro atoms. The molecule has 1 aromatic carbocycles. The molecule has 0 N–H and O–H groups in total. The standard InChI is InChI=1S/C9H9F3O2.C2H6/c1-13-7-4-2-3-5-8(7)14-6-9(10,11)12;1-2/h2-5H,6H2,1H3;1-2H3. The first-order valence-corrected chi connectivity index (χ1v) is 4.85. The molecule has 0 aliphatic heterocycles. The third-order valence-electron chi connectivity index (χ3n) is 1.46. The van der Waals surface area contributed by atoms with Crippen LogP contribution in [0.3, 0.4) is 0 Å². The molecular formula is C11H15F3O2. The zero-order chi connectivity index (χ0) is 12.6. The third kappa shape index (κ3) is 5.48. The largest absolute Gasteiger partial charge is 0.493 e. The molecule has 1 rings (SSSR count). The predicted molar refractivity (Wildman–Crippen MR) is 55.9 cm³/mol. The minimum Gasteiger partial charge on any atom is -0.493 e. The van der Waals surface area contributed by atoms with Gasteiger partial charge in [-0.15, -0.1) is 0 Å². The summed E-state index contributed by atoms with van der Waals surface area (Å²) in [6.07, 6.45) is -4.33. The van der Waals surface area contributed by atoms with Crippen LogP contribution >= 0.6 is 0 Å². The van der Waals surface area contributed by atoms with Gasteiger partial charge in [-0.3, -0.25) is 0 Å². The normalized spacial score (nSPS) is 10.1. The minimum atomic E-state index is -4.33. The Hall–Kier alpha value is -1.39. The van der Waals surface area contributed by atoms with Crippen molar-refractivity contribution >= 4 is 0 Å². The van der Waals surface area contributed by atoms with E-state index in [1.807, 2.05) is 13.8 Å². The van der Waals surface area contributed by atoms with Gasteiger partial charge in [0.2, 0.25) is 0 Å². The van der Waals surface area contributed by atoms with Crippen molar-refractivity contribution in [1.82, 2.24) is 0 Å². The molecule has 0 saturated heterocycles. The highest BCUT2D eigenvalue weighted by atomic mass is 19.4. The first-order chi connectivity index (χ1) is 7.53. The molecule has 0 unspecified atom stereocenters. The van der Waals surface area contributed by atoms with E-state index in [0.717, 1.165) is 0 Å². The summed E-state index contributed by atoms with van der Waals surface area (Å²) in [5.41, 5.74) is 0. The number of ether oxygens (including phenoxy) is 2. The second-order valence-corrected chi connectivity index (χ2v) is 2.55. The molecule has 0 radical (unpaired) electrons. The highest BCUT2D eigenvalue weighted by Gasteiger charge is 2.28. The fourth-order valence-electron chi connectivity index (χ4n) is 0.898. The van der Waals surface area contributed by atoms with Gasteiger partial charge < -0.3 is 9.47 Å². The molecule has 0 aliphatic rings. The van der Waals surface area contributed by atoms with E-state index in [1.165, 1.54) is 19.2 Å². The Kier molecular flexibility index (Phi) is 6.37. The van der Waals surface area contributed by atoms with Gasteiger partial charge in [-0.2, -0.15) is 13.2 Å². The van der Waals surface area contributed by atoms with Crippen LogP contribution in [0, 0.1) is 0 Å². The quantitative estimate of drug-likeness (QED) is 0.797. The maximum Gasteiger partial charge on any atom is 0.422 e. The van der Waals surface area contributed by atoms with Crippen LogP contribution in [0.15, 0.2) is 24.3 Å². The smallest absolute Gasteiger partial charge is 0.422 e. The van der Waals surface area contributed by atoms with E-state index in [-0.39, 0.29) is 11.5 Å². The van der Waals surface area contributed by atoms with Crippen LogP contribution in [0.4, 0.5) is 13.2 Å². The van der Waals surface area contributed by atoms with Gasteiger partial charge >= 0.3 is 6.18 Å². The van der Waals surface area contributed by atoms with E-state index in [0.29, 0.717) is 0 Å². The second kappa shape index (κ2) is 6.98. The fraction of sp³-hybridized carbons (Fsp3) is 0.455. The van der Waals surface area contributed by atoms with E-state index in [4.69, 9.17) is 4.74 Å². The number of hydrogen-bond acceptors (Lipinski definition) is 2. The molecule has 0 fully saturated rings. The topological polar surface area (TPSA) is 18.5 Å². The molecule has 92 valence electrons. The highest BCUT2D eigenvalue weighted by Crippen LogP contribution is 2.27. The second-order valence-electron chi connectivity index (χ2n) is 2.55. The number of para-hydroxylation sites is 2. The van der Waals surface area contributed by atoms with Crippen LogP contribution in [0.1, 0.15) is 13.8 Å². The summed E-state index contributed by atoms with van der Waals surface area (Å²) < 4.78 is 44.8. The molecule has 0 aromatic heterocycles. The Bertz CT molecular complexity index is 298. The van der Waals surface area contributed by atoms with Crippen molar-refractivity contribution in [3.63, 3.8) is 0 Å². The maximum atomic E-state index is 11.8. The molecule has 0 bridgehead atoms. The number of alkyl halides is 3.